The second-order valence-electron chi connectivity index (χ2n) is 4.81. The van der Waals surface area contributed by atoms with Crippen molar-refractivity contribution in [2.75, 3.05) is 0 Å². The molecular formula is C10H12ClF3N2O2. The lowest BCUT2D eigenvalue weighted by atomic mass is 10.1. The molecule has 0 spiro atoms. The Kier molecular flexibility index (Phi) is 3.42. The van der Waals surface area contributed by atoms with Crippen molar-refractivity contribution < 1.29 is 13.2 Å². The molecule has 0 aliphatic carbocycles. The van der Waals surface area contributed by atoms with E-state index in [1.807, 2.05) is 0 Å². The van der Waals surface area contributed by atoms with Crippen molar-refractivity contribution in [2.45, 2.75) is 32.5 Å². The molecule has 0 fully saturated rings. The number of halogens is 4. The van der Waals surface area contributed by atoms with Gasteiger partial charge in [-0.25, -0.2) is 4.79 Å². The molecule has 1 heterocycles. The second-order valence-corrected chi connectivity index (χ2v) is 5.19. The van der Waals surface area contributed by atoms with E-state index in [9.17, 15) is 22.8 Å². The predicted molar refractivity (Wildman–Crippen MR) is 61.0 cm³/mol. The van der Waals surface area contributed by atoms with Crippen LogP contribution in [-0.2, 0) is 18.8 Å². The van der Waals surface area contributed by atoms with Crippen molar-refractivity contribution in [3.05, 3.63) is 31.6 Å². The normalized spacial score (nSPS) is 12.9. The number of nitrogens with zero attached hydrogens (tertiary/aromatic N) is 2. The summed E-state index contributed by atoms with van der Waals surface area (Å²) in [5.74, 6) is 0. The standard InChI is InChI=1S/C10H12ClF3N2O2/c1-9(2,3)16-7(17)5(11)6(10(12,13)14)15(4)8(16)18/h1-4H3. The maximum Gasteiger partial charge on any atom is 0.433 e. The van der Waals surface area contributed by atoms with Crippen LogP contribution in [0.15, 0.2) is 9.59 Å². The van der Waals surface area contributed by atoms with E-state index in [1.165, 1.54) is 20.8 Å². The predicted octanol–water partition coefficient (Wildman–Crippen LogP) is 1.97. The van der Waals surface area contributed by atoms with Gasteiger partial charge in [0, 0.05) is 12.6 Å². The molecule has 0 aromatic carbocycles. The Morgan fingerprint density at radius 3 is 1.89 bits per heavy atom. The molecule has 0 N–H and O–H groups in total. The zero-order chi connectivity index (χ0) is 14.5. The number of alkyl halides is 3. The summed E-state index contributed by atoms with van der Waals surface area (Å²) in [6, 6.07) is 0. The monoisotopic (exact) mass is 284 g/mol. The molecule has 0 aliphatic heterocycles. The summed E-state index contributed by atoms with van der Waals surface area (Å²) in [5, 5.41) is -1.00. The van der Waals surface area contributed by atoms with E-state index in [4.69, 9.17) is 11.6 Å². The van der Waals surface area contributed by atoms with Crippen LogP contribution in [-0.4, -0.2) is 9.13 Å². The maximum absolute atomic E-state index is 12.7. The van der Waals surface area contributed by atoms with E-state index >= 15 is 0 Å². The van der Waals surface area contributed by atoms with Crippen molar-refractivity contribution in [1.82, 2.24) is 9.13 Å². The summed E-state index contributed by atoms with van der Waals surface area (Å²) in [7, 11) is 0.929. The fraction of sp³-hybridized carbons (Fsp3) is 0.600. The lowest BCUT2D eigenvalue weighted by Crippen LogP contribution is -2.49. The van der Waals surface area contributed by atoms with E-state index in [-0.39, 0.29) is 0 Å². The van der Waals surface area contributed by atoms with Crippen LogP contribution in [0, 0.1) is 0 Å². The molecule has 0 atom stereocenters. The van der Waals surface area contributed by atoms with E-state index < -0.39 is 33.7 Å². The molecule has 102 valence electrons. The first-order valence-corrected chi connectivity index (χ1v) is 5.36. The van der Waals surface area contributed by atoms with Gasteiger partial charge in [0.05, 0.1) is 0 Å². The van der Waals surface area contributed by atoms with Crippen molar-refractivity contribution >= 4 is 11.6 Å². The zero-order valence-electron chi connectivity index (χ0n) is 10.2. The average Bonchev–Trinajstić information content (AvgIpc) is 2.10. The van der Waals surface area contributed by atoms with E-state index in [0.29, 0.717) is 9.13 Å². The Morgan fingerprint density at radius 2 is 1.56 bits per heavy atom. The van der Waals surface area contributed by atoms with Crippen LogP contribution < -0.4 is 11.2 Å². The first-order valence-electron chi connectivity index (χ1n) is 4.98. The van der Waals surface area contributed by atoms with Crippen LogP contribution in [0.5, 0.6) is 0 Å². The molecule has 18 heavy (non-hydrogen) atoms. The van der Waals surface area contributed by atoms with Gasteiger partial charge in [0.1, 0.15) is 5.02 Å². The van der Waals surface area contributed by atoms with Gasteiger partial charge in [0.2, 0.25) is 0 Å². The Balaban J connectivity index is 3.92. The van der Waals surface area contributed by atoms with Gasteiger partial charge in [-0.1, -0.05) is 11.6 Å². The van der Waals surface area contributed by atoms with Gasteiger partial charge in [-0.3, -0.25) is 13.9 Å². The minimum atomic E-state index is -4.86. The summed E-state index contributed by atoms with van der Waals surface area (Å²) >= 11 is 5.45. The lowest BCUT2D eigenvalue weighted by Gasteiger charge is -2.24. The molecule has 4 nitrogen and oxygen atoms in total. The van der Waals surface area contributed by atoms with E-state index in [2.05, 4.69) is 0 Å². The number of hydrogen-bond donors (Lipinski definition) is 0. The molecule has 1 aromatic rings. The highest BCUT2D eigenvalue weighted by molar-refractivity contribution is 6.31. The minimum absolute atomic E-state index is 0.342. The molecule has 0 radical (unpaired) electrons. The van der Waals surface area contributed by atoms with Gasteiger partial charge in [-0.2, -0.15) is 13.2 Å². The fourth-order valence-corrected chi connectivity index (χ4v) is 1.90. The first kappa shape index (κ1) is 14.8. The van der Waals surface area contributed by atoms with Crippen molar-refractivity contribution in [3.63, 3.8) is 0 Å². The quantitative estimate of drug-likeness (QED) is 0.731. The van der Waals surface area contributed by atoms with Crippen molar-refractivity contribution in [3.8, 4) is 0 Å². The maximum atomic E-state index is 12.7. The van der Waals surface area contributed by atoms with Crippen LogP contribution in [0.25, 0.3) is 0 Å². The van der Waals surface area contributed by atoms with Gasteiger partial charge < -0.3 is 0 Å². The van der Waals surface area contributed by atoms with Crippen LogP contribution in [0.1, 0.15) is 26.5 Å². The van der Waals surface area contributed by atoms with Gasteiger partial charge in [-0.15, -0.1) is 0 Å². The minimum Gasteiger partial charge on any atom is -0.291 e. The molecule has 0 saturated carbocycles. The van der Waals surface area contributed by atoms with Crippen LogP contribution in [0.2, 0.25) is 5.02 Å². The highest BCUT2D eigenvalue weighted by Gasteiger charge is 2.39. The van der Waals surface area contributed by atoms with Crippen LogP contribution in [0.4, 0.5) is 13.2 Å². The topological polar surface area (TPSA) is 44.0 Å². The smallest absolute Gasteiger partial charge is 0.291 e. The summed E-state index contributed by atoms with van der Waals surface area (Å²) in [6.45, 7) is 4.58. The van der Waals surface area contributed by atoms with E-state index in [1.54, 1.807) is 0 Å². The van der Waals surface area contributed by atoms with E-state index in [0.717, 1.165) is 7.05 Å². The molecule has 0 bridgehead atoms. The Labute approximate surface area is 106 Å². The molecule has 0 amide bonds. The van der Waals surface area contributed by atoms with Gasteiger partial charge >= 0.3 is 11.9 Å². The largest absolute Gasteiger partial charge is 0.433 e. The second kappa shape index (κ2) is 4.15. The molecule has 0 saturated heterocycles. The number of hydrogen-bond acceptors (Lipinski definition) is 2. The van der Waals surface area contributed by atoms with Crippen molar-refractivity contribution in [2.24, 2.45) is 7.05 Å². The number of aromatic nitrogens is 2. The van der Waals surface area contributed by atoms with Crippen LogP contribution in [0.3, 0.4) is 0 Å². The summed E-state index contributed by atoms with van der Waals surface area (Å²) in [4.78, 5) is 23.6. The van der Waals surface area contributed by atoms with Crippen LogP contribution >= 0.6 is 11.6 Å². The average molecular weight is 285 g/mol. The highest BCUT2D eigenvalue weighted by atomic mass is 35.5. The third kappa shape index (κ3) is 2.31. The fourth-order valence-electron chi connectivity index (χ4n) is 1.59. The Morgan fingerprint density at radius 1 is 1.11 bits per heavy atom. The van der Waals surface area contributed by atoms with Gasteiger partial charge in [0.15, 0.2) is 5.69 Å². The molecule has 0 aliphatic rings. The van der Waals surface area contributed by atoms with Crippen molar-refractivity contribution in [1.29, 1.82) is 0 Å². The molecule has 8 heteroatoms. The third-order valence-electron chi connectivity index (χ3n) is 2.35. The zero-order valence-corrected chi connectivity index (χ0v) is 11.0. The first-order chi connectivity index (χ1) is 7.89. The summed E-state index contributed by atoms with van der Waals surface area (Å²) in [5.41, 5.74) is -4.58. The van der Waals surface area contributed by atoms with Gasteiger partial charge in [0.25, 0.3) is 5.56 Å². The molecule has 1 rings (SSSR count). The molecule has 0 unspecified atom stereocenters. The third-order valence-corrected chi connectivity index (χ3v) is 2.69. The molecule has 1 aromatic heterocycles. The Bertz CT molecular complexity index is 556. The lowest BCUT2D eigenvalue weighted by molar-refractivity contribution is -0.144. The number of rotatable bonds is 0. The Hall–Kier alpha value is -1.24. The van der Waals surface area contributed by atoms with Gasteiger partial charge in [-0.05, 0) is 20.8 Å². The SMILES string of the molecule is Cn1c(C(F)(F)F)c(Cl)c(=O)n(C(C)(C)C)c1=O. The highest BCUT2D eigenvalue weighted by Crippen LogP contribution is 2.31. The molecular weight excluding hydrogens is 273 g/mol. The summed E-state index contributed by atoms with van der Waals surface area (Å²) < 4.78 is 39.2. The summed E-state index contributed by atoms with van der Waals surface area (Å²) in [6.07, 6.45) is -4.86.